The van der Waals surface area contributed by atoms with E-state index in [9.17, 15) is 0 Å². The molecule has 15 heavy (non-hydrogen) atoms. The Labute approximate surface area is 90.5 Å². The second kappa shape index (κ2) is 6.48. The first-order valence-corrected chi connectivity index (χ1v) is 5.23. The van der Waals surface area contributed by atoms with E-state index in [2.05, 4.69) is 6.08 Å². The SMILES string of the molecule is COC1=C(N(CCO)CCO)CCC=C1. The molecule has 0 fully saturated rings. The van der Waals surface area contributed by atoms with Crippen molar-refractivity contribution in [3.8, 4) is 0 Å². The van der Waals surface area contributed by atoms with Crippen LogP contribution in [0.1, 0.15) is 12.8 Å². The normalized spacial score (nSPS) is 15.7. The molecule has 0 unspecified atom stereocenters. The molecule has 1 aliphatic carbocycles. The summed E-state index contributed by atoms with van der Waals surface area (Å²) in [4.78, 5) is 1.97. The fraction of sp³-hybridized carbons (Fsp3) is 0.636. The molecule has 0 bridgehead atoms. The molecular weight excluding hydrogens is 194 g/mol. The monoisotopic (exact) mass is 213 g/mol. The van der Waals surface area contributed by atoms with Crippen LogP contribution in [0.3, 0.4) is 0 Å². The standard InChI is InChI=1S/C11H19NO3/c1-15-11-5-3-2-4-10(11)12(6-8-13)7-9-14/h3,5,13-14H,2,4,6-9H2,1H3. The number of aliphatic hydroxyl groups excluding tert-OH is 2. The zero-order valence-corrected chi connectivity index (χ0v) is 9.15. The molecule has 0 spiro atoms. The van der Waals surface area contributed by atoms with Crippen molar-refractivity contribution in [3.05, 3.63) is 23.6 Å². The number of aliphatic hydroxyl groups is 2. The predicted octanol–water partition coefficient (Wildman–Crippen LogP) is 0.481. The van der Waals surface area contributed by atoms with Crippen LogP contribution in [0.4, 0.5) is 0 Å². The van der Waals surface area contributed by atoms with Crippen molar-refractivity contribution in [2.45, 2.75) is 12.8 Å². The highest BCUT2D eigenvalue weighted by Crippen LogP contribution is 2.22. The molecule has 1 aliphatic rings. The van der Waals surface area contributed by atoms with Gasteiger partial charge in [-0.2, -0.15) is 0 Å². The molecule has 2 N–H and O–H groups in total. The summed E-state index contributed by atoms with van der Waals surface area (Å²) in [5, 5.41) is 17.9. The van der Waals surface area contributed by atoms with Gasteiger partial charge in [0.2, 0.25) is 0 Å². The molecule has 0 amide bonds. The van der Waals surface area contributed by atoms with Gasteiger partial charge in [-0.25, -0.2) is 0 Å². The van der Waals surface area contributed by atoms with Crippen LogP contribution in [0.5, 0.6) is 0 Å². The Morgan fingerprint density at radius 3 is 2.53 bits per heavy atom. The van der Waals surface area contributed by atoms with Crippen LogP contribution in [0.15, 0.2) is 23.6 Å². The molecule has 0 heterocycles. The third-order valence-corrected chi connectivity index (χ3v) is 2.44. The van der Waals surface area contributed by atoms with Gasteiger partial charge in [-0.1, -0.05) is 6.08 Å². The Balaban J connectivity index is 2.78. The van der Waals surface area contributed by atoms with E-state index in [0.29, 0.717) is 13.1 Å². The molecule has 0 aromatic rings. The number of allylic oxidation sites excluding steroid dienone is 3. The minimum atomic E-state index is 0.0875. The van der Waals surface area contributed by atoms with E-state index < -0.39 is 0 Å². The summed E-state index contributed by atoms with van der Waals surface area (Å²) >= 11 is 0. The van der Waals surface area contributed by atoms with E-state index in [4.69, 9.17) is 14.9 Å². The summed E-state index contributed by atoms with van der Waals surface area (Å²) in [6.45, 7) is 1.25. The zero-order valence-electron chi connectivity index (χ0n) is 9.15. The third kappa shape index (κ3) is 3.25. The second-order valence-corrected chi connectivity index (χ2v) is 3.39. The van der Waals surface area contributed by atoms with E-state index in [1.807, 2.05) is 11.0 Å². The van der Waals surface area contributed by atoms with Gasteiger partial charge < -0.3 is 19.8 Å². The summed E-state index contributed by atoms with van der Waals surface area (Å²) in [7, 11) is 1.64. The molecule has 4 heteroatoms. The van der Waals surface area contributed by atoms with Gasteiger partial charge in [-0.15, -0.1) is 0 Å². The molecular formula is C11H19NO3. The Morgan fingerprint density at radius 2 is 2.00 bits per heavy atom. The van der Waals surface area contributed by atoms with Crippen LogP contribution in [0.2, 0.25) is 0 Å². The molecule has 4 nitrogen and oxygen atoms in total. The summed E-state index contributed by atoms with van der Waals surface area (Å²) in [5.41, 5.74) is 1.07. The highest BCUT2D eigenvalue weighted by atomic mass is 16.5. The largest absolute Gasteiger partial charge is 0.495 e. The summed E-state index contributed by atoms with van der Waals surface area (Å²) in [6, 6.07) is 0. The van der Waals surface area contributed by atoms with Gasteiger partial charge >= 0.3 is 0 Å². The van der Waals surface area contributed by atoms with Crippen molar-refractivity contribution in [2.75, 3.05) is 33.4 Å². The van der Waals surface area contributed by atoms with Gasteiger partial charge in [0.1, 0.15) is 5.76 Å². The minimum Gasteiger partial charge on any atom is -0.495 e. The first-order chi connectivity index (χ1) is 7.33. The third-order valence-electron chi connectivity index (χ3n) is 2.44. The van der Waals surface area contributed by atoms with Gasteiger partial charge in [0, 0.05) is 13.1 Å². The van der Waals surface area contributed by atoms with Crippen LogP contribution < -0.4 is 0 Å². The van der Waals surface area contributed by atoms with Crippen LogP contribution in [0, 0.1) is 0 Å². The van der Waals surface area contributed by atoms with Crippen molar-refractivity contribution < 1.29 is 14.9 Å². The van der Waals surface area contributed by atoms with E-state index in [0.717, 1.165) is 24.3 Å². The van der Waals surface area contributed by atoms with E-state index in [1.165, 1.54) is 0 Å². The lowest BCUT2D eigenvalue weighted by molar-refractivity contribution is 0.175. The van der Waals surface area contributed by atoms with Crippen molar-refractivity contribution in [3.63, 3.8) is 0 Å². The van der Waals surface area contributed by atoms with Crippen LogP contribution in [-0.4, -0.2) is 48.5 Å². The predicted molar refractivity (Wildman–Crippen MR) is 58.2 cm³/mol. The van der Waals surface area contributed by atoms with E-state index in [1.54, 1.807) is 7.11 Å². The number of methoxy groups -OCH3 is 1. The van der Waals surface area contributed by atoms with Crippen LogP contribution >= 0.6 is 0 Å². The highest BCUT2D eigenvalue weighted by molar-refractivity contribution is 5.23. The lowest BCUT2D eigenvalue weighted by Gasteiger charge is -2.28. The van der Waals surface area contributed by atoms with Crippen molar-refractivity contribution in [1.82, 2.24) is 4.90 Å². The van der Waals surface area contributed by atoms with Crippen molar-refractivity contribution in [2.24, 2.45) is 0 Å². The number of hydrogen-bond acceptors (Lipinski definition) is 4. The highest BCUT2D eigenvalue weighted by Gasteiger charge is 2.15. The summed E-state index contributed by atoms with van der Waals surface area (Å²) < 4.78 is 5.27. The van der Waals surface area contributed by atoms with Gasteiger partial charge in [0.05, 0.1) is 26.0 Å². The molecule has 0 saturated heterocycles. The molecule has 0 aromatic heterocycles. The lowest BCUT2D eigenvalue weighted by atomic mass is 10.1. The Morgan fingerprint density at radius 1 is 1.33 bits per heavy atom. The summed E-state index contributed by atoms with van der Waals surface area (Å²) in [6.07, 6.45) is 5.90. The number of rotatable bonds is 6. The zero-order chi connectivity index (χ0) is 11.1. The van der Waals surface area contributed by atoms with E-state index >= 15 is 0 Å². The first-order valence-electron chi connectivity index (χ1n) is 5.23. The lowest BCUT2D eigenvalue weighted by Crippen LogP contribution is -2.31. The van der Waals surface area contributed by atoms with Gasteiger partial charge in [-0.05, 0) is 18.9 Å². The maximum Gasteiger partial charge on any atom is 0.137 e. The number of nitrogens with zero attached hydrogens (tertiary/aromatic N) is 1. The molecule has 0 radical (unpaired) electrons. The fourth-order valence-corrected chi connectivity index (χ4v) is 1.75. The smallest absolute Gasteiger partial charge is 0.137 e. The Kier molecular flexibility index (Phi) is 5.21. The van der Waals surface area contributed by atoms with E-state index in [-0.39, 0.29) is 13.2 Å². The molecule has 0 aliphatic heterocycles. The molecule has 0 atom stereocenters. The number of hydrogen-bond donors (Lipinski definition) is 2. The number of ether oxygens (including phenoxy) is 1. The van der Waals surface area contributed by atoms with Crippen molar-refractivity contribution >= 4 is 0 Å². The minimum absolute atomic E-state index is 0.0875. The molecule has 86 valence electrons. The quantitative estimate of drug-likeness (QED) is 0.674. The Hall–Kier alpha value is -1.00. The maximum atomic E-state index is 8.95. The Bertz CT molecular complexity index is 242. The van der Waals surface area contributed by atoms with Gasteiger partial charge in [-0.3, -0.25) is 0 Å². The average Bonchev–Trinajstić information content (AvgIpc) is 2.29. The molecule has 0 aromatic carbocycles. The average molecular weight is 213 g/mol. The first kappa shape index (κ1) is 12.1. The topological polar surface area (TPSA) is 52.9 Å². The van der Waals surface area contributed by atoms with Crippen LogP contribution in [-0.2, 0) is 4.74 Å². The summed E-state index contributed by atoms with van der Waals surface area (Å²) in [5.74, 6) is 0.836. The molecule has 0 saturated carbocycles. The van der Waals surface area contributed by atoms with Crippen LogP contribution in [0.25, 0.3) is 0 Å². The maximum absolute atomic E-state index is 8.95. The fourth-order valence-electron chi connectivity index (χ4n) is 1.75. The second-order valence-electron chi connectivity index (χ2n) is 3.39. The molecule has 1 rings (SSSR count). The van der Waals surface area contributed by atoms with Gasteiger partial charge in [0.15, 0.2) is 0 Å². The van der Waals surface area contributed by atoms with Crippen molar-refractivity contribution in [1.29, 1.82) is 0 Å². The van der Waals surface area contributed by atoms with Gasteiger partial charge in [0.25, 0.3) is 0 Å².